The molecule has 2 heteroatoms. The van der Waals surface area contributed by atoms with Crippen LogP contribution in [0.4, 0.5) is 0 Å². The Morgan fingerprint density at radius 1 is 1.06 bits per heavy atom. The van der Waals surface area contributed by atoms with Crippen LogP contribution in [0.25, 0.3) is 11.1 Å². The molecule has 0 radical (unpaired) electrons. The van der Waals surface area contributed by atoms with E-state index in [0.717, 1.165) is 17.5 Å². The lowest BCUT2D eigenvalue weighted by molar-refractivity contribution is 1.14. The molecule has 0 N–H and O–H groups in total. The van der Waals surface area contributed by atoms with Crippen molar-refractivity contribution in [3.8, 4) is 17.2 Å². The number of rotatable bonds is 2. The lowest BCUT2D eigenvalue weighted by Gasteiger charge is -2.04. The van der Waals surface area contributed by atoms with Crippen molar-refractivity contribution in [2.45, 2.75) is 13.3 Å². The van der Waals surface area contributed by atoms with Gasteiger partial charge in [-0.05, 0) is 35.2 Å². The van der Waals surface area contributed by atoms with Gasteiger partial charge in [0.15, 0.2) is 0 Å². The van der Waals surface area contributed by atoms with Crippen LogP contribution in [0.2, 0.25) is 5.02 Å². The van der Waals surface area contributed by atoms with Crippen LogP contribution < -0.4 is 0 Å². The van der Waals surface area contributed by atoms with Crippen LogP contribution in [0.5, 0.6) is 0 Å². The van der Waals surface area contributed by atoms with Crippen molar-refractivity contribution in [2.75, 3.05) is 0 Å². The molecule has 0 spiro atoms. The molecule has 84 valence electrons. The van der Waals surface area contributed by atoms with Gasteiger partial charge in [0.2, 0.25) is 0 Å². The number of nitriles is 1. The molecule has 0 aliphatic heterocycles. The lowest BCUT2D eigenvalue weighted by Crippen LogP contribution is -1.83. The summed E-state index contributed by atoms with van der Waals surface area (Å²) in [4.78, 5) is 0. The van der Waals surface area contributed by atoms with Crippen LogP contribution in [-0.4, -0.2) is 0 Å². The summed E-state index contributed by atoms with van der Waals surface area (Å²) in [5.74, 6) is 0. The molecule has 0 fully saturated rings. The van der Waals surface area contributed by atoms with Gasteiger partial charge in [0, 0.05) is 0 Å². The molecule has 1 nitrogen and oxygen atoms in total. The van der Waals surface area contributed by atoms with E-state index in [9.17, 15) is 0 Å². The van der Waals surface area contributed by atoms with Crippen LogP contribution in [0.1, 0.15) is 18.1 Å². The van der Waals surface area contributed by atoms with Gasteiger partial charge in [0.25, 0.3) is 0 Å². The Bertz CT molecular complexity index is 564. The van der Waals surface area contributed by atoms with Gasteiger partial charge < -0.3 is 0 Å². The number of halogens is 1. The average Bonchev–Trinajstić information content (AvgIpc) is 2.39. The second-order valence-corrected chi connectivity index (χ2v) is 4.26. The highest BCUT2D eigenvalue weighted by Gasteiger charge is 2.03. The molecule has 0 atom stereocenters. The first kappa shape index (κ1) is 11.7. The lowest BCUT2D eigenvalue weighted by atomic mass is 10.0. The molecular formula is C15H12ClN. The number of benzene rings is 2. The van der Waals surface area contributed by atoms with Gasteiger partial charge in [-0.25, -0.2) is 0 Å². The van der Waals surface area contributed by atoms with E-state index in [1.807, 2.05) is 12.1 Å². The summed E-state index contributed by atoms with van der Waals surface area (Å²) in [5, 5.41) is 9.32. The maximum atomic E-state index is 8.81. The van der Waals surface area contributed by atoms with E-state index < -0.39 is 0 Å². The first-order valence-corrected chi connectivity index (χ1v) is 5.91. The Kier molecular flexibility index (Phi) is 3.46. The Morgan fingerprint density at radius 2 is 1.71 bits per heavy atom. The zero-order chi connectivity index (χ0) is 12.3. The SMILES string of the molecule is CCc1ccc(-c2ccc(C#N)c(Cl)c2)cc1. The topological polar surface area (TPSA) is 23.8 Å². The van der Waals surface area contributed by atoms with Crippen molar-refractivity contribution in [3.05, 3.63) is 58.6 Å². The summed E-state index contributed by atoms with van der Waals surface area (Å²) in [5.41, 5.74) is 3.99. The molecule has 2 aromatic rings. The van der Waals surface area contributed by atoms with E-state index in [-0.39, 0.29) is 0 Å². The summed E-state index contributed by atoms with van der Waals surface area (Å²) in [6.45, 7) is 2.13. The largest absolute Gasteiger partial charge is 0.192 e. The van der Waals surface area contributed by atoms with Gasteiger partial charge in [-0.2, -0.15) is 5.26 Å². The summed E-state index contributed by atoms with van der Waals surface area (Å²) < 4.78 is 0. The van der Waals surface area contributed by atoms with Crippen molar-refractivity contribution < 1.29 is 0 Å². The molecule has 0 bridgehead atoms. The van der Waals surface area contributed by atoms with Crippen LogP contribution in [0.15, 0.2) is 42.5 Å². The van der Waals surface area contributed by atoms with Crippen molar-refractivity contribution >= 4 is 11.6 Å². The fraction of sp³-hybridized carbons (Fsp3) is 0.133. The molecule has 0 saturated carbocycles. The molecule has 0 aromatic heterocycles. The maximum Gasteiger partial charge on any atom is 0.101 e. The van der Waals surface area contributed by atoms with Gasteiger partial charge in [-0.15, -0.1) is 0 Å². The molecule has 0 aliphatic rings. The monoisotopic (exact) mass is 241 g/mol. The Morgan fingerprint density at radius 3 is 2.24 bits per heavy atom. The predicted molar refractivity (Wildman–Crippen MR) is 71.0 cm³/mol. The molecule has 0 heterocycles. The minimum Gasteiger partial charge on any atom is -0.192 e. The quantitative estimate of drug-likeness (QED) is 0.763. The van der Waals surface area contributed by atoms with Crippen LogP contribution in [0.3, 0.4) is 0 Å². The van der Waals surface area contributed by atoms with Gasteiger partial charge in [-0.1, -0.05) is 48.9 Å². The van der Waals surface area contributed by atoms with E-state index in [0.29, 0.717) is 10.6 Å². The average molecular weight is 242 g/mol. The third kappa shape index (κ3) is 2.49. The van der Waals surface area contributed by atoms with Crippen molar-refractivity contribution in [1.29, 1.82) is 5.26 Å². The van der Waals surface area contributed by atoms with E-state index in [4.69, 9.17) is 16.9 Å². The van der Waals surface area contributed by atoms with Crippen molar-refractivity contribution in [3.63, 3.8) is 0 Å². The standard InChI is InChI=1S/C15H12ClN/c1-2-11-3-5-12(6-4-11)13-7-8-14(10-17)15(16)9-13/h3-9H,2H2,1H3. The summed E-state index contributed by atoms with van der Waals surface area (Å²) in [6.07, 6.45) is 1.04. The third-order valence-electron chi connectivity index (χ3n) is 2.79. The number of nitrogens with zero attached hydrogens (tertiary/aromatic N) is 1. The van der Waals surface area contributed by atoms with Crippen LogP contribution in [-0.2, 0) is 6.42 Å². The Hall–Kier alpha value is -1.78. The van der Waals surface area contributed by atoms with E-state index >= 15 is 0 Å². The highest BCUT2D eigenvalue weighted by atomic mass is 35.5. The summed E-state index contributed by atoms with van der Waals surface area (Å²) >= 11 is 6.02. The fourth-order valence-corrected chi connectivity index (χ4v) is 1.94. The second kappa shape index (κ2) is 5.03. The van der Waals surface area contributed by atoms with E-state index in [2.05, 4.69) is 37.3 Å². The van der Waals surface area contributed by atoms with Gasteiger partial charge >= 0.3 is 0 Å². The Balaban J connectivity index is 2.40. The molecule has 0 aliphatic carbocycles. The molecule has 2 aromatic carbocycles. The van der Waals surface area contributed by atoms with Gasteiger partial charge in [-0.3, -0.25) is 0 Å². The molecule has 0 amide bonds. The predicted octanol–water partition coefficient (Wildman–Crippen LogP) is 4.44. The zero-order valence-corrected chi connectivity index (χ0v) is 10.3. The number of aryl methyl sites for hydroxylation is 1. The highest BCUT2D eigenvalue weighted by Crippen LogP contribution is 2.25. The van der Waals surface area contributed by atoms with Crippen molar-refractivity contribution in [1.82, 2.24) is 0 Å². The zero-order valence-electron chi connectivity index (χ0n) is 9.57. The third-order valence-corrected chi connectivity index (χ3v) is 3.10. The first-order valence-electron chi connectivity index (χ1n) is 5.53. The molecule has 0 unspecified atom stereocenters. The van der Waals surface area contributed by atoms with Gasteiger partial charge in [0.1, 0.15) is 6.07 Å². The molecule has 2 rings (SSSR count). The minimum atomic E-state index is 0.504. The molecule has 17 heavy (non-hydrogen) atoms. The summed E-state index contributed by atoms with van der Waals surface area (Å²) in [7, 11) is 0. The number of hydrogen-bond acceptors (Lipinski definition) is 1. The minimum absolute atomic E-state index is 0.504. The van der Waals surface area contributed by atoms with E-state index in [1.165, 1.54) is 5.56 Å². The smallest absolute Gasteiger partial charge is 0.101 e. The number of hydrogen-bond donors (Lipinski definition) is 0. The second-order valence-electron chi connectivity index (χ2n) is 3.86. The fourth-order valence-electron chi connectivity index (χ4n) is 1.72. The Labute approximate surface area is 106 Å². The summed E-state index contributed by atoms with van der Waals surface area (Å²) in [6, 6.07) is 16.0. The van der Waals surface area contributed by atoms with Crippen molar-refractivity contribution in [2.24, 2.45) is 0 Å². The maximum absolute atomic E-state index is 8.81. The van der Waals surface area contributed by atoms with E-state index in [1.54, 1.807) is 6.07 Å². The molecule has 0 saturated heterocycles. The van der Waals surface area contributed by atoms with Gasteiger partial charge in [0.05, 0.1) is 10.6 Å². The highest BCUT2D eigenvalue weighted by molar-refractivity contribution is 6.32. The van der Waals surface area contributed by atoms with Crippen LogP contribution in [0, 0.1) is 11.3 Å². The van der Waals surface area contributed by atoms with Crippen LogP contribution >= 0.6 is 11.6 Å². The first-order chi connectivity index (χ1) is 8.24. The normalized spacial score (nSPS) is 9.94. The molecular weight excluding hydrogens is 230 g/mol.